The van der Waals surface area contributed by atoms with Gasteiger partial charge in [-0.05, 0) is 43.5 Å². The average molecular weight is 272 g/mol. The average Bonchev–Trinajstić information content (AvgIpc) is 3.08. The van der Waals surface area contributed by atoms with E-state index in [4.69, 9.17) is 9.15 Å². The van der Waals surface area contributed by atoms with E-state index < -0.39 is 0 Å². The van der Waals surface area contributed by atoms with Crippen LogP contribution in [0.15, 0.2) is 16.7 Å². The molecular formula is C15H16N2O3. The quantitative estimate of drug-likeness (QED) is 0.749. The van der Waals surface area contributed by atoms with Crippen molar-refractivity contribution in [1.82, 2.24) is 10.2 Å². The Bertz CT molecular complexity index is 786. The van der Waals surface area contributed by atoms with Gasteiger partial charge in [-0.1, -0.05) is 0 Å². The molecule has 0 radical (unpaired) electrons. The van der Waals surface area contributed by atoms with Crippen LogP contribution in [-0.4, -0.2) is 22.4 Å². The van der Waals surface area contributed by atoms with Crippen molar-refractivity contribution in [3.63, 3.8) is 0 Å². The summed E-state index contributed by atoms with van der Waals surface area (Å²) in [4.78, 5) is 0. The first-order valence-corrected chi connectivity index (χ1v) is 6.35. The van der Waals surface area contributed by atoms with E-state index in [0.29, 0.717) is 28.2 Å². The fourth-order valence-electron chi connectivity index (χ4n) is 2.47. The Morgan fingerprint density at radius 2 is 1.95 bits per heavy atom. The Kier molecular flexibility index (Phi) is 2.71. The van der Waals surface area contributed by atoms with Crippen molar-refractivity contribution in [1.29, 1.82) is 0 Å². The summed E-state index contributed by atoms with van der Waals surface area (Å²) < 4.78 is 11.4. The predicted molar refractivity (Wildman–Crippen MR) is 76.2 cm³/mol. The van der Waals surface area contributed by atoms with E-state index in [-0.39, 0.29) is 5.75 Å². The van der Waals surface area contributed by atoms with Gasteiger partial charge in [-0.3, -0.25) is 5.10 Å². The van der Waals surface area contributed by atoms with Crippen molar-refractivity contribution in [3.05, 3.63) is 29.0 Å². The van der Waals surface area contributed by atoms with Crippen molar-refractivity contribution >= 4 is 11.0 Å². The van der Waals surface area contributed by atoms with E-state index in [1.54, 1.807) is 19.4 Å². The lowest BCUT2D eigenvalue weighted by Gasteiger charge is -2.08. The third kappa shape index (κ3) is 1.52. The number of aromatic amines is 1. The molecule has 0 amide bonds. The second-order valence-electron chi connectivity index (χ2n) is 4.86. The first-order chi connectivity index (χ1) is 9.56. The lowest BCUT2D eigenvalue weighted by molar-refractivity contribution is 0.411. The number of aromatic nitrogens is 2. The van der Waals surface area contributed by atoms with Crippen molar-refractivity contribution < 1.29 is 14.3 Å². The fraction of sp³-hybridized carbons (Fsp3) is 0.267. The van der Waals surface area contributed by atoms with Gasteiger partial charge in [-0.15, -0.1) is 0 Å². The van der Waals surface area contributed by atoms with Crippen LogP contribution in [0.4, 0.5) is 0 Å². The molecule has 104 valence electrons. The number of H-pyrrole nitrogens is 1. The van der Waals surface area contributed by atoms with Gasteiger partial charge in [0.2, 0.25) is 0 Å². The standard InChI is InChI=1S/C15H16N2O3/c1-7-8(2)12(18)11-13(9(7)3)20-14(15(11)19-4)10-5-6-16-17-10/h5-6,18H,1-4H3,(H,16,17). The second kappa shape index (κ2) is 4.30. The Morgan fingerprint density at radius 3 is 2.55 bits per heavy atom. The van der Waals surface area contributed by atoms with Crippen LogP contribution in [0.1, 0.15) is 16.7 Å². The van der Waals surface area contributed by atoms with Gasteiger partial charge < -0.3 is 14.3 Å². The molecule has 0 saturated heterocycles. The Morgan fingerprint density at radius 1 is 1.20 bits per heavy atom. The van der Waals surface area contributed by atoms with Gasteiger partial charge in [0.05, 0.1) is 7.11 Å². The zero-order chi connectivity index (χ0) is 14.4. The molecule has 0 aliphatic heterocycles. The van der Waals surface area contributed by atoms with Crippen LogP contribution < -0.4 is 4.74 Å². The molecule has 0 fully saturated rings. The number of hydrogen-bond donors (Lipinski definition) is 2. The van der Waals surface area contributed by atoms with Crippen molar-refractivity contribution in [2.45, 2.75) is 20.8 Å². The summed E-state index contributed by atoms with van der Waals surface area (Å²) in [5.74, 6) is 1.27. The molecular weight excluding hydrogens is 256 g/mol. The van der Waals surface area contributed by atoms with Crippen molar-refractivity contribution in [2.75, 3.05) is 7.11 Å². The molecule has 0 atom stereocenters. The second-order valence-corrected chi connectivity index (χ2v) is 4.86. The lowest BCUT2D eigenvalue weighted by Crippen LogP contribution is -1.90. The minimum atomic E-state index is 0.203. The number of aromatic hydroxyl groups is 1. The molecule has 20 heavy (non-hydrogen) atoms. The number of benzene rings is 1. The number of fused-ring (bicyclic) bond motifs is 1. The minimum absolute atomic E-state index is 0.203. The van der Waals surface area contributed by atoms with Gasteiger partial charge in [0.15, 0.2) is 11.5 Å². The van der Waals surface area contributed by atoms with Gasteiger partial charge in [0.1, 0.15) is 22.4 Å². The monoisotopic (exact) mass is 272 g/mol. The molecule has 0 spiro atoms. The zero-order valence-electron chi connectivity index (χ0n) is 11.9. The fourth-order valence-corrected chi connectivity index (χ4v) is 2.47. The Balaban J connectivity index is 2.47. The van der Waals surface area contributed by atoms with E-state index in [2.05, 4.69) is 10.2 Å². The summed E-state index contributed by atoms with van der Waals surface area (Å²) in [6, 6.07) is 1.80. The van der Waals surface area contributed by atoms with Crippen LogP contribution in [0.2, 0.25) is 0 Å². The maximum Gasteiger partial charge on any atom is 0.195 e. The van der Waals surface area contributed by atoms with E-state index >= 15 is 0 Å². The van der Waals surface area contributed by atoms with Gasteiger partial charge in [0, 0.05) is 6.20 Å². The van der Waals surface area contributed by atoms with E-state index in [0.717, 1.165) is 16.7 Å². The molecule has 5 nitrogen and oxygen atoms in total. The zero-order valence-corrected chi connectivity index (χ0v) is 11.9. The van der Waals surface area contributed by atoms with E-state index in [1.807, 2.05) is 20.8 Å². The highest BCUT2D eigenvalue weighted by Gasteiger charge is 2.24. The molecule has 2 aromatic heterocycles. The van der Waals surface area contributed by atoms with Crippen LogP contribution in [0.5, 0.6) is 11.5 Å². The summed E-state index contributed by atoms with van der Waals surface area (Å²) >= 11 is 0. The van der Waals surface area contributed by atoms with Crippen LogP contribution in [0.3, 0.4) is 0 Å². The number of methoxy groups -OCH3 is 1. The van der Waals surface area contributed by atoms with Crippen LogP contribution in [0, 0.1) is 20.8 Å². The molecule has 0 unspecified atom stereocenters. The predicted octanol–water partition coefficient (Wildman–Crippen LogP) is 3.46. The molecule has 0 saturated carbocycles. The molecule has 5 heteroatoms. The topological polar surface area (TPSA) is 71.3 Å². The number of rotatable bonds is 2. The molecule has 2 N–H and O–H groups in total. The SMILES string of the molecule is COc1c(-c2ccn[nH]2)oc2c(C)c(C)c(C)c(O)c12. The number of nitrogens with zero attached hydrogens (tertiary/aromatic N) is 1. The van der Waals surface area contributed by atoms with Crippen LogP contribution in [-0.2, 0) is 0 Å². The lowest BCUT2D eigenvalue weighted by atomic mass is 9.99. The van der Waals surface area contributed by atoms with E-state index in [1.165, 1.54) is 0 Å². The van der Waals surface area contributed by atoms with Gasteiger partial charge >= 0.3 is 0 Å². The molecule has 3 aromatic rings. The number of furan rings is 1. The molecule has 2 heterocycles. The van der Waals surface area contributed by atoms with Gasteiger partial charge in [0.25, 0.3) is 0 Å². The van der Waals surface area contributed by atoms with Gasteiger partial charge in [-0.25, -0.2) is 0 Å². The Hall–Kier alpha value is -2.43. The number of nitrogens with one attached hydrogen (secondary N) is 1. The summed E-state index contributed by atoms with van der Waals surface area (Å²) in [7, 11) is 1.56. The summed E-state index contributed by atoms with van der Waals surface area (Å²) in [5.41, 5.74) is 4.21. The minimum Gasteiger partial charge on any atom is -0.507 e. The molecule has 0 bridgehead atoms. The van der Waals surface area contributed by atoms with Gasteiger partial charge in [-0.2, -0.15) is 5.10 Å². The number of ether oxygens (including phenoxy) is 1. The van der Waals surface area contributed by atoms with Crippen LogP contribution >= 0.6 is 0 Å². The third-order valence-corrected chi connectivity index (χ3v) is 3.87. The summed E-state index contributed by atoms with van der Waals surface area (Å²) in [6.07, 6.45) is 1.64. The highest BCUT2D eigenvalue weighted by Crippen LogP contribution is 2.46. The first kappa shape index (κ1) is 12.6. The normalized spacial score (nSPS) is 11.2. The number of phenolic OH excluding ortho intramolecular Hbond substituents is 1. The first-order valence-electron chi connectivity index (χ1n) is 6.35. The highest BCUT2D eigenvalue weighted by molar-refractivity contribution is 5.98. The van der Waals surface area contributed by atoms with E-state index in [9.17, 15) is 5.11 Å². The maximum atomic E-state index is 10.4. The number of hydrogen-bond acceptors (Lipinski definition) is 4. The number of phenols is 1. The third-order valence-electron chi connectivity index (χ3n) is 3.87. The highest BCUT2D eigenvalue weighted by atomic mass is 16.5. The maximum absolute atomic E-state index is 10.4. The largest absolute Gasteiger partial charge is 0.507 e. The summed E-state index contributed by atoms with van der Waals surface area (Å²) in [6.45, 7) is 5.83. The molecule has 1 aromatic carbocycles. The summed E-state index contributed by atoms with van der Waals surface area (Å²) in [5, 5.41) is 17.8. The molecule has 0 aliphatic carbocycles. The smallest absolute Gasteiger partial charge is 0.195 e. The molecule has 0 aliphatic rings. The Labute approximate surface area is 116 Å². The van der Waals surface area contributed by atoms with Crippen molar-refractivity contribution in [2.24, 2.45) is 0 Å². The van der Waals surface area contributed by atoms with Crippen molar-refractivity contribution in [3.8, 4) is 23.0 Å². The number of aryl methyl sites for hydroxylation is 1. The molecule has 3 rings (SSSR count). The van der Waals surface area contributed by atoms with Crippen LogP contribution in [0.25, 0.3) is 22.4 Å².